The van der Waals surface area contributed by atoms with E-state index in [9.17, 15) is 0 Å². The first-order valence-corrected chi connectivity index (χ1v) is 12.0. The molecule has 2 heteroatoms. The Kier molecular flexibility index (Phi) is 7.66. The monoisotopic (exact) mass is 426 g/mol. The van der Waals surface area contributed by atoms with Gasteiger partial charge in [-0.05, 0) is 111 Å². The van der Waals surface area contributed by atoms with E-state index in [0.29, 0.717) is 0 Å². The average Bonchev–Trinajstić information content (AvgIpc) is 2.85. The van der Waals surface area contributed by atoms with Crippen molar-refractivity contribution in [3.8, 4) is 11.5 Å². The smallest absolute Gasteiger partial charge is 0.120 e. The number of hydrogen-bond donors (Lipinski definition) is 0. The Morgan fingerprint density at radius 3 is 1.38 bits per heavy atom. The lowest BCUT2D eigenvalue weighted by Gasteiger charge is -2.20. The van der Waals surface area contributed by atoms with Gasteiger partial charge in [0.25, 0.3) is 0 Å². The van der Waals surface area contributed by atoms with Crippen LogP contribution in [-0.2, 0) is 0 Å². The Morgan fingerprint density at radius 2 is 1.06 bits per heavy atom. The maximum absolute atomic E-state index is 6.13. The predicted molar refractivity (Wildman–Crippen MR) is 135 cm³/mol. The molecule has 32 heavy (non-hydrogen) atoms. The van der Waals surface area contributed by atoms with E-state index in [0.717, 1.165) is 24.3 Å². The molecule has 2 aromatic carbocycles. The van der Waals surface area contributed by atoms with Gasteiger partial charge in [-0.2, -0.15) is 0 Å². The van der Waals surface area contributed by atoms with Gasteiger partial charge in [-0.25, -0.2) is 0 Å². The summed E-state index contributed by atoms with van der Waals surface area (Å²) in [6.45, 7) is 4.20. The zero-order valence-corrected chi connectivity index (χ0v) is 19.3. The molecule has 0 saturated carbocycles. The summed E-state index contributed by atoms with van der Waals surface area (Å²) in [5.74, 6) is 1.86. The molecule has 0 N–H and O–H groups in total. The first-order chi connectivity index (χ1) is 15.8. The molecule has 0 bridgehead atoms. The predicted octanol–water partition coefficient (Wildman–Crippen LogP) is 8.17. The highest BCUT2D eigenvalue weighted by atomic mass is 16.5. The summed E-state index contributed by atoms with van der Waals surface area (Å²) in [6, 6.07) is 17.0. The van der Waals surface area contributed by atoms with Crippen molar-refractivity contribution in [1.29, 1.82) is 0 Å². The Hall–Kier alpha value is -3.00. The normalized spacial score (nSPS) is 21.4. The number of rotatable bonds is 7. The Labute approximate surface area is 193 Å². The molecule has 0 saturated heterocycles. The number of allylic oxidation sites excluding steroid dienone is 6. The number of ether oxygens (including phenoxy) is 2. The molecule has 0 aliphatic heterocycles. The van der Waals surface area contributed by atoms with E-state index in [1.165, 1.54) is 48.0 Å². The van der Waals surface area contributed by atoms with E-state index < -0.39 is 0 Å². The Morgan fingerprint density at radius 1 is 0.656 bits per heavy atom. The first kappa shape index (κ1) is 22.2. The largest absolute Gasteiger partial charge is 0.486 e. The lowest BCUT2D eigenvalue weighted by Crippen LogP contribution is -2.15. The minimum absolute atomic E-state index is 0.201. The molecule has 0 radical (unpaired) electrons. The van der Waals surface area contributed by atoms with Crippen LogP contribution in [0.1, 0.15) is 63.5 Å². The van der Waals surface area contributed by atoms with Crippen LogP contribution in [0.3, 0.4) is 0 Å². The van der Waals surface area contributed by atoms with Gasteiger partial charge in [0.15, 0.2) is 0 Å². The van der Waals surface area contributed by atoms with Gasteiger partial charge in [-0.3, -0.25) is 0 Å². The van der Waals surface area contributed by atoms with Gasteiger partial charge in [0.1, 0.15) is 23.7 Å². The zero-order chi connectivity index (χ0) is 22.2. The molecule has 2 atom stereocenters. The molecule has 2 aromatic rings. The van der Waals surface area contributed by atoms with Crippen molar-refractivity contribution >= 4 is 11.1 Å². The molecule has 166 valence electrons. The van der Waals surface area contributed by atoms with E-state index in [4.69, 9.17) is 9.47 Å². The lowest BCUT2D eigenvalue weighted by molar-refractivity contribution is 0.229. The molecule has 2 nitrogen and oxygen atoms in total. The SMILES string of the molecule is C/C=C(\C(=C/C)c1ccc(OC2C=CCCC2)cc1)c1ccc(OC2C=CCCC2)cc1. The van der Waals surface area contributed by atoms with Crippen LogP contribution in [0.15, 0.2) is 85.0 Å². The zero-order valence-electron chi connectivity index (χ0n) is 19.3. The third kappa shape index (κ3) is 5.62. The minimum atomic E-state index is 0.201. The van der Waals surface area contributed by atoms with Gasteiger partial charge >= 0.3 is 0 Å². The second-order valence-electron chi connectivity index (χ2n) is 8.48. The quantitative estimate of drug-likeness (QED) is 0.328. The maximum Gasteiger partial charge on any atom is 0.120 e. The molecule has 0 fully saturated rings. The average molecular weight is 427 g/mol. The molecule has 0 heterocycles. The van der Waals surface area contributed by atoms with E-state index in [1.807, 2.05) is 0 Å². The van der Waals surface area contributed by atoms with Gasteiger partial charge in [0.05, 0.1) is 0 Å². The van der Waals surface area contributed by atoms with Crippen LogP contribution in [-0.4, -0.2) is 12.2 Å². The summed E-state index contributed by atoms with van der Waals surface area (Å²) >= 11 is 0. The fourth-order valence-electron chi connectivity index (χ4n) is 4.49. The summed E-state index contributed by atoms with van der Waals surface area (Å²) in [5.41, 5.74) is 4.83. The fourth-order valence-corrected chi connectivity index (χ4v) is 4.49. The van der Waals surface area contributed by atoms with Crippen molar-refractivity contribution < 1.29 is 9.47 Å². The third-order valence-electron chi connectivity index (χ3n) is 6.19. The van der Waals surface area contributed by atoms with Crippen molar-refractivity contribution in [2.75, 3.05) is 0 Å². The van der Waals surface area contributed by atoms with Crippen LogP contribution < -0.4 is 9.47 Å². The van der Waals surface area contributed by atoms with Crippen molar-refractivity contribution in [3.63, 3.8) is 0 Å². The van der Waals surface area contributed by atoms with E-state index in [1.54, 1.807) is 0 Å². The number of hydrogen-bond acceptors (Lipinski definition) is 2. The summed E-state index contributed by atoms with van der Waals surface area (Å²) in [4.78, 5) is 0. The standard InChI is InChI=1S/C30H34O2/c1-3-29(23-15-19-27(20-16-23)31-25-11-7-5-8-12-25)30(4-2)24-17-21-28(22-18-24)32-26-13-9-6-10-14-26/h3-4,7,9,11,13,15-22,25-26H,5-6,8,10,12,14H2,1-2H3/b29-3-,30-4-. The van der Waals surface area contributed by atoms with Crippen molar-refractivity contribution in [2.24, 2.45) is 0 Å². The first-order valence-electron chi connectivity index (χ1n) is 12.0. The Balaban J connectivity index is 1.46. The van der Waals surface area contributed by atoms with Crippen LogP contribution in [0.2, 0.25) is 0 Å². The highest BCUT2D eigenvalue weighted by Crippen LogP contribution is 2.33. The van der Waals surface area contributed by atoms with Gasteiger partial charge in [0.2, 0.25) is 0 Å². The molecule has 4 rings (SSSR count). The van der Waals surface area contributed by atoms with Crippen LogP contribution in [0.25, 0.3) is 11.1 Å². The fraction of sp³-hybridized carbons (Fsp3) is 0.333. The summed E-state index contributed by atoms with van der Waals surface area (Å²) in [6.07, 6.45) is 20.5. The number of benzene rings is 2. The van der Waals surface area contributed by atoms with Crippen LogP contribution in [0.4, 0.5) is 0 Å². The molecule has 0 aromatic heterocycles. The Bertz CT molecular complexity index is 907. The second-order valence-corrected chi connectivity index (χ2v) is 8.48. The van der Waals surface area contributed by atoms with Crippen LogP contribution >= 0.6 is 0 Å². The molecule has 0 spiro atoms. The van der Waals surface area contributed by atoms with E-state index in [2.05, 4.69) is 98.8 Å². The lowest BCUT2D eigenvalue weighted by atomic mass is 9.92. The van der Waals surface area contributed by atoms with Gasteiger partial charge < -0.3 is 9.47 Å². The highest BCUT2D eigenvalue weighted by molar-refractivity contribution is 6.04. The topological polar surface area (TPSA) is 18.5 Å². The van der Waals surface area contributed by atoms with Crippen molar-refractivity contribution in [1.82, 2.24) is 0 Å². The van der Waals surface area contributed by atoms with Crippen LogP contribution in [0, 0.1) is 0 Å². The molecule has 2 aliphatic carbocycles. The molecule has 2 unspecified atom stereocenters. The highest BCUT2D eigenvalue weighted by Gasteiger charge is 2.13. The summed E-state index contributed by atoms with van der Waals surface area (Å²) in [5, 5.41) is 0. The summed E-state index contributed by atoms with van der Waals surface area (Å²) < 4.78 is 12.3. The maximum atomic E-state index is 6.13. The molecular weight excluding hydrogens is 392 g/mol. The third-order valence-corrected chi connectivity index (χ3v) is 6.19. The molecule has 0 amide bonds. The van der Waals surface area contributed by atoms with E-state index in [-0.39, 0.29) is 12.2 Å². The molecular formula is C30H34O2. The second kappa shape index (κ2) is 11.0. The van der Waals surface area contributed by atoms with Crippen molar-refractivity contribution in [2.45, 2.75) is 64.6 Å². The summed E-state index contributed by atoms with van der Waals surface area (Å²) in [7, 11) is 0. The van der Waals surface area contributed by atoms with Gasteiger partial charge in [-0.15, -0.1) is 0 Å². The molecule has 2 aliphatic rings. The van der Waals surface area contributed by atoms with E-state index >= 15 is 0 Å². The van der Waals surface area contributed by atoms with Gasteiger partial charge in [-0.1, -0.05) is 48.6 Å². The minimum Gasteiger partial charge on any atom is -0.486 e. The van der Waals surface area contributed by atoms with Crippen LogP contribution in [0.5, 0.6) is 11.5 Å². The van der Waals surface area contributed by atoms with Gasteiger partial charge in [0, 0.05) is 0 Å². The van der Waals surface area contributed by atoms with Crippen molar-refractivity contribution in [3.05, 3.63) is 96.1 Å².